The molecule has 132 valence electrons. The molecule has 0 saturated heterocycles. The monoisotopic (exact) mass is 351 g/mol. The van der Waals surface area contributed by atoms with Gasteiger partial charge < -0.3 is 9.47 Å². The van der Waals surface area contributed by atoms with Crippen LogP contribution in [0.3, 0.4) is 0 Å². The minimum Gasteiger partial charge on any atom is -0.493 e. The van der Waals surface area contributed by atoms with Crippen LogP contribution in [-0.2, 0) is 19.0 Å². The molecule has 1 aliphatic rings. The van der Waals surface area contributed by atoms with Crippen molar-refractivity contribution in [3.05, 3.63) is 52.8 Å². The molecule has 0 aliphatic heterocycles. The van der Waals surface area contributed by atoms with Crippen LogP contribution in [0, 0.1) is 5.92 Å². The van der Waals surface area contributed by atoms with E-state index in [-0.39, 0.29) is 17.9 Å². The number of ether oxygens (including phenoxy) is 2. The molecular formula is C18H16F3NO3. The summed E-state index contributed by atoms with van der Waals surface area (Å²) in [6, 6.07) is 5.48. The molecule has 2 aromatic rings. The molecule has 0 bridgehead atoms. The van der Waals surface area contributed by atoms with Crippen LogP contribution < -0.4 is 9.47 Å². The highest BCUT2D eigenvalue weighted by atomic mass is 19.4. The lowest BCUT2D eigenvalue weighted by molar-refractivity contribution is -0.138. The number of aromatic nitrogens is 1. The van der Waals surface area contributed by atoms with Crippen LogP contribution in [0.1, 0.15) is 27.2 Å². The fourth-order valence-corrected chi connectivity index (χ4v) is 3.24. The normalized spacial score (nSPS) is 16.7. The van der Waals surface area contributed by atoms with Gasteiger partial charge in [0.1, 0.15) is 0 Å². The van der Waals surface area contributed by atoms with E-state index in [9.17, 15) is 18.0 Å². The molecule has 4 nitrogen and oxygen atoms in total. The van der Waals surface area contributed by atoms with Gasteiger partial charge in [-0.1, -0.05) is 0 Å². The molecule has 25 heavy (non-hydrogen) atoms. The molecule has 1 heterocycles. The third kappa shape index (κ3) is 3.06. The van der Waals surface area contributed by atoms with E-state index in [2.05, 4.69) is 4.98 Å². The molecular weight excluding hydrogens is 335 g/mol. The Morgan fingerprint density at radius 1 is 1.20 bits per heavy atom. The van der Waals surface area contributed by atoms with Crippen LogP contribution in [0.15, 0.2) is 30.5 Å². The highest BCUT2D eigenvalue weighted by Gasteiger charge is 2.38. The molecule has 3 rings (SSSR count). The highest BCUT2D eigenvalue weighted by molar-refractivity contribution is 6.03. The summed E-state index contributed by atoms with van der Waals surface area (Å²) in [6.07, 6.45) is -2.98. The van der Waals surface area contributed by atoms with Crippen molar-refractivity contribution in [2.75, 3.05) is 14.2 Å². The zero-order valence-corrected chi connectivity index (χ0v) is 13.7. The van der Waals surface area contributed by atoms with Crippen LogP contribution >= 0.6 is 0 Å². The Balaban J connectivity index is 1.94. The lowest BCUT2D eigenvalue weighted by Gasteiger charge is -2.14. The second kappa shape index (κ2) is 6.38. The minimum atomic E-state index is -4.50. The Labute approximate surface area is 142 Å². The Morgan fingerprint density at radius 3 is 2.60 bits per heavy atom. The molecule has 0 saturated carbocycles. The smallest absolute Gasteiger partial charge is 0.418 e. The standard InChI is InChI=1S/C18H16F3NO3/c1-24-15-6-5-11-12(17(15)25-2)8-10(16(11)23)9-14-13(18(19,20)21)4-3-7-22-14/h3-7,10H,8-9H2,1-2H3. The van der Waals surface area contributed by atoms with Gasteiger partial charge in [-0.25, -0.2) is 0 Å². The molecule has 1 aliphatic carbocycles. The highest BCUT2D eigenvalue weighted by Crippen LogP contribution is 2.41. The number of halogens is 3. The van der Waals surface area contributed by atoms with E-state index < -0.39 is 17.7 Å². The number of methoxy groups -OCH3 is 2. The Morgan fingerprint density at radius 2 is 1.96 bits per heavy atom. The largest absolute Gasteiger partial charge is 0.493 e. The number of carbonyl (C=O) groups excluding carboxylic acids is 1. The van der Waals surface area contributed by atoms with E-state index in [1.165, 1.54) is 26.5 Å². The third-order valence-corrected chi connectivity index (χ3v) is 4.37. The predicted molar refractivity (Wildman–Crippen MR) is 84.0 cm³/mol. The quantitative estimate of drug-likeness (QED) is 0.842. The van der Waals surface area contributed by atoms with Gasteiger partial charge in [-0.05, 0) is 30.7 Å². The molecule has 7 heteroatoms. The van der Waals surface area contributed by atoms with Crippen LogP contribution in [0.25, 0.3) is 0 Å². The second-order valence-corrected chi connectivity index (χ2v) is 5.79. The van der Waals surface area contributed by atoms with Crippen molar-refractivity contribution in [1.29, 1.82) is 0 Å². The fourth-order valence-electron chi connectivity index (χ4n) is 3.24. The molecule has 0 N–H and O–H groups in total. The molecule has 1 unspecified atom stereocenters. The lowest BCUT2D eigenvalue weighted by Crippen LogP contribution is -2.17. The number of alkyl halides is 3. The topological polar surface area (TPSA) is 48.4 Å². The number of pyridine rings is 1. The van der Waals surface area contributed by atoms with Gasteiger partial charge in [0.2, 0.25) is 0 Å². The number of benzene rings is 1. The predicted octanol–water partition coefficient (Wildman–Crippen LogP) is 3.72. The maximum absolute atomic E-state index is 13.1. The van der Waals surface area contributed by atoms with Crippen LogP contribution in [0.5, 0.6) is 11.5 Å². The number of carbonyl (C=O) groups is 1. The van der Waals surface area contributed by atoms with E-state index in [4.69, 9.17) is 9.47 Å². The summed E-state index contributed by atoms with van der Waals surface area (Å²) in [5, 5.41) is 0. The van der Waals surface area contributed by atoms with Gasteiger partial charge in [-0.2, -0.15) is 13.2 Å². The first-order chi connectivity index (χ1) is 11.9. The maximum atomic E-state index is 13.1. The minimum absolute atomic E-state index is 0.0747. The maximum Gasteiger partial charge on any atom is 0.418 e. The van der Waals surface area contributed by atoms with E-state index in [0.717, 1.165) is 6.07 Å². The number of ketones is 1. The van der Waals surface area contributed by atoms with Gasteiger partial charge in [-0.3, -0.25) is 9.78 Å². The number of nitrogens with zero attached hydrogens (tertiary/aromatic N) is 1. The first-order valence-corrected chi connectivity index (χ1v) is 7.66. The molecule has 1 aromatic carbocycles. The Bertz CT molecular complexity index is 818. The van der Waals surface area contributed by atoms with Crippen LogP contribution in [-0.4, -0.2) is 25.0 Å². The van der Waals surface area contributed by atoms with Crippen LogP contribution in [0.4, 0.5) is 13.2 Å². The Hall–Kier alpha value is -2.57. The average molecular weight is 351 g/mol. The molecule has 1 atom stereocenters. The number of hydrogen-bond donors (Lipinski definition) is 0. The Kier molecular flexibility index (Phi) is 4.41. The number of hydrogen-bond acceptors (Lipinski definition) is 4. The number of fused-ring (bicyclic) bond motifs is 1. The SMILES string of the molecule is COc1ccc2c(c1OC)CC(Cc1ncccc1C(F)(F)F)C2=O. The van der Waals surface area contributed by atoms with Gasteiger partial charge in [-0.15, -0.1) is 0 Å². The second-order valence-electron chi connectivity index (χ2n) is 5.79. The fraction of sp³-hybridized carbons (Fsp3) is 0.333. The van der Waals surface area contributed by atoms with Crippen molar-refractivity contribution in [1.82, 2.24) is 4.98 Å². The molecule has 0 radical (unpaired) electrons. The van der Waals surface area contributed by atoms with Crippen LogP contribution in [0.2, 0.25) is 0 Å². The van der Waals surface area contributed by atoms with Crippen molar-refractivity contribution in [2.24, 2.45) is 5.92 Å². The van der Waals surface area contributed by atoms with E-state index in [0.29, 0.717) is 29.0 Å². The first kappa shape index (κ1) is 17.3. The van der Waals surface area contributed by atoms with E-state index >= 15 is 0 Å². The van der Waals surface area contributed by atoms with Crippen molar-refractivity contribution in [2.45, 2.75) is 19.0 Å². The van der Waals surface area contributed by atoms with E-state index in [1.807, 2.05) is 0 Å². The summed E-state index contributed by atoms with van der Waals surface area (Å²) in [5.41, 5.74) is 0.212. The van der Waals surface area contributed by atoms with Gasteiger partial charge >= 0.3 is 6.18 Å². The van der Waals surface area contributed by atoms with Gasteiger partial charge in [0.25, 0.3) is 0 Å². The van der Waals surface area contributed by atoms with Crippen molar-refractivity contribution in [3.8, 4) is 11.5 Å². The summed E-state index contributed by atoms with van der Waals surface area (Å²) < 4.78 is 50.0. The van der Waals surface area contributed by atoms with E-state index in [1.54, 1.807) is 12.1 Å². The first-order valence-electron chi connectivity index (χ1n) is 7.66. The molecule has 0 spiro atoms. The summed E-state index contributed by atoms with van der Waals surface area (Å²) in [6.45, 7) is 0. The number of rotatable bonds is 4. The van der Waals surface area contributed by atoms with Gasteiger partial charge in [0.15, 0.2) is 17.3 Å². The molecule has 0 amide bonds. The zero-order chi connectivity index (χ0) is 18.2. The summed E-state index contributed by atoms with van der Waals surface area (Å²) in [4.78, 5) is 16.5. The van der Waals surface area contributed by atoms with Crippen molar-refractivity contribution >= 4 is 5.78 Å². The van der Waals surface area contributed by atoms with Gasteiger partial charge in [0.05, 0.1) is 25.5 Å². The summed E-state index contributed by atoms with van der Waals surface area (Å²) >= 11 is 0. The molecule has 0 fully saturated rings. The lowest BCUT2D eigenvalue weighted by atomic mass is 9.96. The number of Topliss-reactive ketones (excluding diaryl/α,β-unsaturated/α-hetero) is 1. The zero-order valence-electron chi connectivity index (χ0n) is 13.7. The van der Waals surface area contributed by atoms with Crippen molar-refractivity contribution in [3.63, 3.8) is 0 Å². The van der Waals surface area contributed by atoms with Gasteiger partial charge in [0, 0.05) is 29.7 Å². The summed E-state index contributed by atoms with van der Waals surface area (Å²) in [7, 11) is 2.96. The summed E-state index contributed by atoms with van der Waals surface area (Å²) in [5.74, 6) is 0.137. The third-order valence-electron chi connectivity index (χ3n) is 4.37. The van der Waals surface area contributed by atoms with Crippen molar-refractivity contribution < 1.29 is 27.4 Å². The molecule has 1 aromatic heterocycles. The average Bonchev–Trinajstić information content (AvgIpc) is 2.89.